The summed E-state index contributed by atoms with van der Waals surface area (Å²) in [5, 5.41) is 10.6. The van der Waals surface area contributed by atoms with Gasteiger partial charge in [0.25, 0.3) is 16.0 Å². The lowest BCUT2D eigenvalue weighted by Crippen LogP contribution is -2.18. The van der Waals surface area contributed by atoms with E-state index in [9.17, 15) is 8.42 Å². The molecule has 112 valence electrons. The molecule has 1 aliphatic carbocycles. The molecular formula is C12H15N5O2S2. The molecule has 0 aromatic carbocycles. The van der Waals surface area contributed by atoms with Gasteiger partial charge in [0, 0.05) is 17.5 Å². The Balaban J connectivity index is 1.63. The van der Waals surface area contributed by atoms with Gasteiger partial charge < -0.3 is 5.32 Å². The second-order valence-corrected chi connectivity index (χ2v) is 7.85. The highest BCUT2D eigenvalue weighted by Gasteiger charge is 2.21. The van der Waals surface area contributed by atoms with Crippen molar-refractivity contribution in [2.45, 2.75) is 29.5 Å². The highest BCUT2D eigenvalue weighted by molar-refractivity contribution is 7.94. The molecule has 0 aliphatic heterocycles. The topological polar surface area (TPSA) is 96.9 Å². The lowest BCUT2D eigenvalue weighted by Gasteiger charge is -2.03. The van der Waals surface area contributed by atoms with Crippen molar-refractivity contribution in [2.75, 3.05) is 11.3 Å². The van der Waals surface area contributed by atoms with Crippen LogP contribution < -0.4 is 10.0 Å². The number of aromatic nitrogens is 3. The van der Waals surface area contributed by atoms with Gasteiger partial charge in [0.1, 0.15) is 4.21 Å². The molecule has 0 bridgehead atoms. The molecule has 2 heterocycles. The summed E-state index contributed by atoms with van der Waals surface area (Å²) in [6.45, 7) is 0.879. The molecule has 2 aromatic heterocycles. The number of hydrogen-bond donors (Lipinski definition) is 2. The SMILES string of the molecule is O=S(=O)(Nc1nccnn1)c1ccc(CCNC2CC2)s1. The summed E-state index contributed by atoms with van der Waals surface area (Å²) >= 11 is 1.26. The smallest absolute Gasteiger partial charge is 0.273 e. The fourth-order valence-electron chi connectivity index (χ4n) is 1.79. The van der Waals surface area contributed by atoms with Crippen LogP contribution in [0.2, 0.25) is 0 Å². The molecule has 3 rings (SSSR count). The molecule has 0 saturated heterocycles. The fraction of sp³-hybridized carbons (Fsp3) is 0.417. The number of nitrogens with zero attached hydrogens (tertiary/aromatic N) is 3. The Hall–Kier alpha value is -1.58. The highest BCUT2D eigenvalue weighted by atomic mass is 32.2. The maximum atomic E-state index is 12.2. The van der Waals surface area contributed by atoms with Gasteiger partial charge in [0.15, 0.2) is 0 Å². The Bertz CT molecular complexity index is 697. The number of sulfonamides is 1. The predicted molar refractivity (Wildman–Crippen MR) is 79.7 cm³/mol. The third-order valence-corrected chi connectivity index (χ3v) is 5.96. The second-order valence-electron chi connectivity index (χ2n) is 4.77. The van der Waals surface area contributed by atoms with Crippen LogP contribution in [0.3, 0.4) is 0 Å². The Morgan fingerprint density at radius 3 is 2.86 bits per heavy atom. The third-order valence-electron chi connectivity index (χ3n) is 2.99. The van der Waals surface area contributed by atoms with E-state index in [1.165, 1.54) is 36.6 Å². The zero-order chi connectivity index (χ0) is 14.7. The molecular weight excluding hydrogens is 310 g/mol. The Kier molecular flexibility index (Phi) is 4.13. The standard InChI is InChI=1S/C12H15N5O2S2/c18-21(19,17-12-14-7-8-15-16-12)11-4-3-10(20-11)5-6-13-9-1-2-9/h3-4,7-9,13H,1-2,5-6H2,(H,14,16,17). The average Bonchev–Trinajstić information content (AvgIpc) is 3.15. The summed E-state index contributed by atoms with van der Waals surface area (Å²) in [7, 11) is -3.64. The molecule has 9 heteroatoms. The molecule has 0 unspecified atom stereocenters. The van der Waals surface area contributed by atoms with E-state index in [-0.39, 0.29) is 10.2 Å². The van der Waals surface area contributed by atoms with Gasteiger partial charge in [-0.15, -0.1) is 16.4 Å². The second kappa shape index (κ2) is 6.04. The summed E-state index contributed by atoms with van der Waals surface area (Å²) < 4.78 is 26.9. The average molecular weight is 325 g/mol. The van der Waals surface area contributed by atoms with Crippen LogP contribution in [-0.4, -0.2) is 36.2 Å². The van der Waals surface area contributed by atoms with Crippen LogP contribution in [0.15, 0.2) is 28.7 Å². The first-order chi connectivity index (χ1) is 10.1. The van der Waals surface area contributed by atoms with Crippen molar-refractivity contribution in [3.8, 4) is 0 Å². The van der Waals surface area contributed by atoms with Crippen molar-refractivity contribution in [1.29, 1.82) is 0 Å². The summed E-state index contributed by atoms with van der Waals surface area (Å²) in [6.07, 6.45) is 6.10. The van der Waals surface area contributed by atoms with Gasteiger partial charge in [0.2, 0.25) is 0 Å². The minimum atomic E-state index is -3.64. The molecule has 0 spiro atoms. The zero-order valence-corrected chi connectivity index (χ0v) is 12.8. The monoisotopic (exact) mass is 325 g/mol. The van der Waals surface area contributed by atoms with Gasteiger partial charge in [-0.2, -0.15) is 5.10 Å². The molecule has 1 fully saturated rings. The number of anilines is 1. The van der Waals surface area contributed by atoms with Crippen molar-refractivity contribution in [1.82, 2.24) is 20.5 Å². The van der Waals surface area contributed by atoms with Crippen LogP contribution >= 0.6 is 11.3 Å². The first-order valence-corrected chi connectivity index (χ1v) is 8.92. The molecule has 2 aromatic rings. The minimum absolute atomic E-state index is 0.0251. The van der Waals surface area contributed by atoms with Gasteiger partial charge in [0.05, 0.1) is 12.4 Å². The van der Waals surface area contributed by atoms with Crippen LogP contribution in [0, 0.1) is 0 Å². The van der Waals surface area contributed by atoms with E-state index in [2.05, 4.69) is 25.2 Å². The number of thiophene rings is 1. The molecule has 21 heavy (non-hydrogen) atoms. The van der Waals surface area contributed by atoms with Gasteiger partial charge in [-0.1, -0.05) is 0 Å². The van der Waals surface area contributed by atoms with Crippen LogP contribution in [0.1, 0.15) is 17.7 Å². The maximum Gasteiger partial charge on any atom is 0.273 e. The summed E-state index contributed by atoms with van der Waals surface area (Å²) in [4.78, 5) is 4.84. The van der Waals surface area contributed by atoms with Crippen molar-refractivity contribution in [3.05, 3.63) is 29.4 Å². The minimum Gasteiger partial charge on any atom is -0.314 e. The van der Waals surface area contributed by atoms with Crippen molar-refractivity contribution >= 4 is 27.3 Å². The lowest BCUT2D eigenvalue weighted by atomic mass is 10.3. The number of nitrogens with one attached hydrogen (secondary N) is 2. The van der Waals surface area contributed by atoms with E-state index in [0.29, 0.717) is 6.04 Å². The van der Waals surface area contributed by atoms with E-state index < -0.39 is 10.0 Å². The molecule has 1 aliphatic rings. The largest absolute Gasteiger partial charge is 0.314 e. The Morgan fingerprint density at radius 2 is 2.14 bits per heavy atom. The number of hydrogen-bond acceptors (Lipinski definition) is 7. The fourth-order valence-corrected chi connectivity index (χ4v) is 4.09. The molecule has 0 radical (unpaired) electrons. The summed E-state index contributed by atoms with van der Waals surface area (Å²) in [5.41, 5.74) is 0. The summed E-state index contributed by atoms with van der Waals surface area (Å²) in [6, 6.07) is 4.12. The summed E-state index contributed by atoms with van der Waals surface area (Å²) in [5.74, 6) is -0.0251. The highest BCUT2D eigenvalue weighted by Crippen LogP contribution is 2.24. The van der Waals surface area contributed by atoms with Gasteiger partial charge in [-0.05, 0) is 31.4 Å². The first-order valence-electron chi connectivity index (χ1n) is 6.62. The van der Waals surface area contributed by atoms with E-state index in [1.807, 2.05) is 6.07 Å². The molecule has 1 saturated carbocycles. The first kappa shape index (κ1) is 14.4. The van der Waals surface area contributed by atoms with Crippen molar-refractivity contribution in [2.24, 2.45) is 0 Å². The molecule has 2 N–H and O–H groups in total. The van der Waals surface area contributed by atoms with E-state index in [0.717, 1.165) is 17.8 Å². The van der Waals surface area contributed by atoms with Crippen molar-refractivity contribution < 1.29 is 8.42 Å². The maximum absolute atomic E-state index is 12.2. The zero-order valence-electron chi connectivity index (χ0n) is 11.2. The van der Waals surface area contributed by atoms with Crippen molar-refractivity contribution in [3.63, 3.8) is 0 Å². The molecule has 0 atom stereocenters. The Labute approximate surface area is 126 Å². The quantitative estimate of drug-likeness (QED) is 0.789. The molecule has 7 nitrogen and oxygen atoms in total. The lowest BCUT2D eigenvalue weighted by molar-refractivity contribution is 0.602. The van der Waals surface area contributed by atoms with Gasteiger partial charge >= 0.3 is 0 Å². The third kappa shape index (κ3) is 3.96. The van der Waals surface area contributed by atoms with E-state index in [4.69, 9.17) is 0 Å². The van der Waals surface area contributed by atoms with Gasteiger partial charge in [-0.3, -0.25) is 0 Å². The van der Waals surface area contributed by atoms with E-state index in [1.54, 1.807) is 6.07 Å². The van der Waals surface area contributed by atoms with Crippen LogP contribution in [0.25, 0.3) is 0 Å². The van der Waals surface area contributed by atoms with Crippen LogP contribution in [0.4, 0.5) is 5.95 Å². The van der Waals surface area contributed by atoms with E-state index >= 15 is 0 Å². The van der Waals surface area contributed by atoms with Crippen LogP contribution in [-0.2, 0) is 16.4 Å². The van der Waals surface area contributed by atoms with Crippen LogP contribution in [0.5, 0.6) is 0 Å². The molecule has 0 amide bonds. The van der Waals surface area contributed by atoms with Gasteiger partial charge in [-0.25, -0.2) is 18.1 Å². The normalized spacial score (nSPS) is 15.0. The predicted octanol–water partition coefficient (Wildman–Crippen LogP) is 1.03. The Morgan fingerprint density at radius 1 is 1.29 bits per heavy atom. The number of rotatable bonds is 7.